The van der Waals surface area contributed by atoms with Gasteiger partial charge < -0.3 is 5.21 Å². The molecule has 1 saturated carbocycles. The lowest BCUT2D eigenvalue weighted by molar-refractivity contribution is 0.104. The maximum absolute atomic E-state index is 8.32. The topological polar surface area (TPSA) is 44.3 Å². The van der Waals surface area contributed by atoms with Crippen LogP contribution in [0.2, 0.25) is 0 Å². The standard InChI is InChI=1S/C7H16N2O/c1-2-6-3-4-7(5-6)8-9-10/h6-10H,2-5H2,1H3. The van der Waals surface area contributed by atoms with Gasteiger partial charge in [0.1, 0.15) is 0 Å². The molecule has 0 aromatic heterocycles. The summed E-state index contributed by atoms with van der Waals surface area (Å²) in [4.78, 5) is 0. The van der Waals surface area contributed by atoms with Gasteiger partial charge in [-0.25, -0.2) is 5.43 Å². The molecular weight excluding hydrogens is 128 g/mol. The normalized spacial score (nSPS) is 33.0. The second-order valence-corrected chi connectivity index (χ2v) is 3.04. The number of hydrazine groups is 1. The molecule has 3 nitrogen and oxygen atoms in total. The zero-order valence-corrected chi connectivity index (χ0v) is 6.43. The van der Waals surface area contributed by atoms with E-state index in [1.54, 1.807) is 0 Å². The Labute approximate surface area is 61.7 Å². The summed E-state index contributed by atoms with van der Waals surface area (Å²) in [6.45, 7) is 2.22. The van der Waals surface area contributed by atoms with Crippen molar-refractivity contribution in [1.82, 2.24) is 11.0 Å². The van der Waals surface area contributed by atoms with Gasteiger partial charge >= 0.3 is 0 Å². The van der Waals surface area contributed by atoms with Crippen LogP contribution in [-0.2, 0) is 0 Å². The van der Waals surface area contributed by atoms with Crippen LogP contribution in [0.15, 0.2) is 0 Å². The molecule has 0 aromatic rings. The van der Waals surface area contributed by atoms with Gasteiger partial charge in [-0.15, -0.1) is 5.59 Å². The molecule has 1 rings (SSSR count). The largest absolute Gasteiger partial charge is 0.302 e. The molecule has 0 bridgehead atoms. The van der Waals surface area contributed by atoms with Gasteiger partial charge in [0.2, 0.25) is 0 Å². The average molecular weight is 144 g/mol. The van der Waals surface area contributed by atoms with E-state index in [1.165, 1.54) is 25.7 Å². The first-order chi connectivity index (χ1) is 4.86. The molecule has 0 spiro atoms. The summed E-state index contributed by atoms with van der Waals surface area (Å²) >= 11 is 0. The zero-order chi connectivity index (χ0) is 7.40. The highest BCUT2D eigenvalue weighted by Crippen LogP contribution is 2.27. The van der Waals surface area contributed by atoms with E-state index in [4.69, 9.17) is 5.21 Å². The molecule has 0 aromatic carbocycles. The minimum Gasteiger partial charge on any atom is -0.302 e. The molecule has 1 fully saturated rings. The van der Waals surface area contributed by atoms with Crippen LogP contribution < -0.4 is 11.0 Å². The summed E-state index contributed by atoms with van der Waals surface area (Å²) in [6, 6.07) is 0.481. The Morgan fingerprint density at radius 3 is 2.80 bits per heavy atom. The second-order valence-electron chi connectivity index (χ2n) is 3.04. The van der Waals surface area contributed by atoms with Crippen LogP contribution in [0, 0.1) is 5.92 Å². The molecule has 10 heavy (non-hydrogen) atoms. The van der Waals surface area contributed by atoms with E-state index in [9.17, 15) is 0 Å². The minimum absolute atomic E-state index is 0.481. The summed E-state index contributed by atoms with van der Waals surface area (Å²) in [6.07, 6.45) is 4.95. The van der Waals surface area contributed by atoms with Crippen molar-refractivity contribution in [2.75, 3.05) is 0 Å². The van der Waals surface area contributed by atoms with Crippen LogP contribution in [0.5, 0.6) is 0 Å². The summed E-state index contributed by atoms with van der Waals surface area (Å²) in [5.41, 5.74) is 4.82. The zero-order valence-electron chi connectivity index (χ0n) is 6.43. The molecular formula is C7H16N2O. The Bertz CT molecular complexity index is 97.6. The first kappa shape index (κ1) is 7.98. The molecule has 3 N–H and O–H groups in total. The molecule has 0 heterocycles. The van der Waals surface area contributed by atoms with Crippen LogP contribution >= 0.6 is 0 Å². The third kappa shape index (κ3) is 1.94. The van der Waals surface area contributed by atoms with Gasteiger partial charge in [0, 0.05) is 6.04 Å². The quantitative estimate of drug-likeness (QED) is 0.519. The van der Waals surface area contributed by atoms with Crippen molar-refractivity contribution in [3.8, 4) is 0 Å². The summed E-state index contributed by atoms with van der Waals surface area (Å²) in [5.74, 6) is 0.867. The van der Waals surface area contributed by atoms with E-state index < -0.39 is 0 Å². The Hall–Kier alpha value is -0.120. The van der Waals surface area contributed by atoms with E-state index in [0.717, 1.165) is 5.92 Å². The van der Waals surface area contributed by atoms with E-state index in [0.29, 0.717) is 6.04 Å². The fourth-order valence-electron chi connectivity index (χ4n) is 1.67. The summed E-state index contributed by atoms with van der Waals surface area (Å²) in [5, 5.41) is 8.32. The maximum Gasteiger partial charge on any atom is 0.0237 e. The van der Waals surface area contributed by atoms with Crippen molar-refractivity contribution in [3.05, 3.63) is 0 Å². The highest BCUT2D eigenvalue weighted by molar-refractivity contribution is 4.77. The highest BCUT2D eigenvalue weighted by Gasteiger charge is 2.22. The van der Waals surface area contributed by atoms with Gasteiger partial charge in [0.05, 0.1) is 0 Å². The van der Waals surface area contributed by atoms with Gasteiger partial charge in [-0.05, 0) is 25.2 Å². The third-order valence-corrected chi connectivity index (χ3v) is 2.39. The molecule has 1 aliphatic rings. The van der Waals surface area contributed by atoms with E-state index in [2.05, 4.69) is 12.3 Å². The van der Waals surface area contributed by atoms with Crippen molar-refractivity contribution >= 4 is 0 Å². The number of rotatable bonds is 3. The van der Waals surface area contributed by atoms with Gasteiger partial charge in [-0.1, -0.05) is 13.3 Å². The smallest absolute Gasteiger partial charge is 0.0237 e. The highest BCUT2D eigenvalue weighted by atomic mass is 16.5. The average Bonchev–Trinajstić information content (AvgIpc) is 2.37. The van der Waals surface area contributed by atoms with Crippen LogP contribution in [-0.4, -0.2) is 11.2 Å². The molecule has 60 valence electrons. The fraction of sp³-hybridized carbons (Fsp3) is 1.00. The van der Waals surface area contributed by atoms with Crippen molar-refractivity contribution in [3.63, 3.8) is 0 Å². The summed E-state index contributed by atoms with van der Waals surface area (Å²) in [7, 11) is 0. The lowest BCUT2D eigenvalue weighted by Gasteiger charge is -2.09. The fourth-order valence-corrected chi connectivity index (χ4v) is 1.67. The molecule has 0 aliphatic heterocycles. The third-order valence-electron chi connectivity index (χ3n) is 2.39. The molecule has 0 saturated heterocycles. The van der Waals surface area contributed by atoms with Crippen molar-refractivity contribution < 1.29 is 5.21 Å². The van der Waals surface area contributed by atoms with Crippen LogP contribution in [0.1, 0.15) is 32.6 Å². The lowest BCUT2D eigenvalue weighted by Crippen LogP contribution is -2.36. The van der Waals surface area contributed by atoms with Gasteiger partial charge in [-0.3, -0.25) is 0 Å². The van der Waals surface area contributed by atoms with Crippen LogP contribution in [0.3, 0.4) is 0 Å². The monoisotopic (exact) mass is 144 g/mol. The number of hydrogen-bond acceptors (Lipinski definition) is 3. The molecule has 0 radical (unpaired) electrons. The van der Waals surface area contributed by atoms with E-state index in [-0.39, 0.29) is 0 Å². The maximum atomic E-state index is 8.32. The molecule has 2 unspecified atom stereocenters. The van der Waals surface area contributed by atoms with Crippen LogP contribution in [0.4, 0.5) is 0 Å². The van der Waals surface area contributed by atoms with Crippen molar-refractivity contribution in [2.24, 2.45) is 5.92 Å². The molecule has 3 heteroatoms. The Morgan fingerprint density at radius 2 is 2.30 bits per heavy atom. The predicted octanol–water partition coefficient (Wildman–Crippen LogP) is 1.05. The van der Waals surface area contributed by atoms with Gasteiger partial charge in [0.15, 0.2) is 0 Å². The Kier molecular flexibility index (Phi) is 3.12. The summed E-state index contributed by atoms with van der Waals surface area (Å²) < 4.78 is 0. The number of nitrogens with one attached hydrogen (secondary N) is 2. The van der Waals surface area contributed by atoms with Gasteiger partial charge in [-0.2, -0.15) is 0 Å². The number of hydrogen-bond donors (Lipinski definition) is 3. The van der Waals surface area contributed by atoms with Crippen molar-refractivity contribution in [2.45, 2.75) is 38.6 Å². The molecule has 1 aliphatic carbocycles. The molecule has 0 amide bonds. The van der Waals surface area contributed by atoms with E-state index >= 15 is 0 Å². The first-order valence-electron chi connectivity index (χ1n) is 4.01. The Morgan fingerprint density at radius 1 is 1.50 bits per heavy atom. The Balaban J connectivity index is 2.15. The van der Waals surface area contributed by atoms with Crippen molar-refractivity contribution in [1.29, 1.82) is 0 Å². The minimum atomic E-state index is 0.481. The lowest BCUT2D eigenvalue weighted by atomic mass is 10.1. The molecule has 2 atom stereocenters. The van der Waals surface area contributed by atoms with Crippen LogP contribution in [0.25, 0.3) is 0 Å². The SMILES string of the molecule is CCC1CCC(NNO)C1. The van der Waals surface area contributed by atoms with E-state index in [1.807, 2.05) is 5.59 Å². The second kappa shape index (κ2) is 3.91. The first-order valence-corrected chi connectivity index (χ1v) is 4.01. The predicted molar refractivity (Wildman–Crippen MR) is 39.5 cm³/mol. The van der Waals surface area contributed by atoms with Gasteiger partial charge in [0.25, 0.3) is 0 Å².